The first kappa shape index (κ1) is 33.5. The molecule has 18 heteroatoms. The fraction of sp³-hybridized carbons (Fsp3) is 0.370. The number of anilines is 3. The van der Waals surface area contributed by atoms with Gasteiger partial charge in [-0.1, -0.05) is 23.7 Å². The van der Waals surface area contributed by atoms with E-state index in [4.69, 9.17) is 21.1 Å². The monoisotopic (exact) mass is 671 g/mol. The van der Waals surface area contributed by atoms with Gasteiger partial charge in [-0.25, -0.2) is 17.9 Å². The van der Waals surface area contributed by atoms with Gasteiger partial charge in [0.2, 0.25) is 21.9 Å². The van der Waals surface area contributed by atoms with Crippen LogP contribution in [0.5, 0.6) is 6.01 Å². The molecule has 4 N–H and O–H groups in total. The number of rotatable bonds is 13. The number of alkyl halides is 3. The number of benzene rings is 2. The first-order valence-corrected chi connectivity index (χ1v) is 15.5. The first-order valence-electron chi connectivity index (χ1n) is 13.5. The lowest BCUT2D eigenvalue weighted by Crippen LogP contribution is -2.38. The Labute approximate surface area is 261 Å². The van der Waals surface area contributed by atoms with Crippen molar-refractivity contribution in [2.24, 2.45) is 0 Å². The van der Waals surface area contributed by atoms with Crippen LogP contribution in [-0.4, -0.2) is 66.6 Å². The lowest BCUT2D eigenvalue weighted by Gasteiger charge is -2.19. The molecule has 45 heavy (non-hydrogen) atoms. The highest BCUT2D eigenvalue weighted by molar-refractivity contribution is 7.90. The standard InChI is InChI=1S/C27H29ClF3N7O6S/c1-16(2)44-25(40)32-13-14-45(41,42)38-21(39)17-3-9-20(10-4-17)33-22-34-23(36-24(35-22)43-15-27(29,30)31)37-26(11-12-26)18-5-7-19(28)8-6-18/h3-10,16H,11-15H2,1-2H3,(H,32,40)(H,38,39)(H2,33,34,35,36,37). The minimum atomic E-state index is -4.63. The maximum absolute atomic E-state index is 12.8. The van der Waals surface area contributed by atoms with Crippen LogP contribution in [0.25, 0.3) is 0 Å². The number of halogens is 4. The number of amides is 2. The van der Waals surface area contributed by atoms with E-state index in [1.165, 1.54) is 24.3 Å². The largest absolute Gasteiger partial charge is 0.454 e. The molecule has 0 spiro atoms. The molecule has 0 atom stereocenters. The lowest BCUT2D eigenvalue weighted by molar-refractivity contribution is -0.154. The molecule has 1 heterocycles. The Hall–Kier alpha value is -4.38. The highest BCUT2D eigenvalue weighted by atomic mass is 35.5. The molecule has 4 rings (SSSR count). The number of hydrogen-bond donors (Lipinski definition) is 4. The van der Waals surface area contributed by atoms with Crippen molar-refractivity contribution in [2.45, 2.75) is 44.5 Å². The van der Waals surface area contributed by atoms with Gasteiger partial charge in [0.1, 0.15) is 0 Å². The summed E-state index contributed by atoms with van der Waals surface area (Å²) >= 11 is 5.99. The summed E-state index contributed by atoms with van der Waals surface area (Å²) in [7, 11) is -4.09. The van der Waals surface area contributed by atoms with Gasteiger partial charge in [-0.05, 0) is 68.7 Å². The molecule has 0 bridgehead atoms. The Morgan fingerprint density at radius 2 is 1.64 bits per heavy atom. The summed E-state index contributed by atoms with van der Waals surface area (Å²) in [5.74, 6) is -1.68. The molecule has 1 aliphatic carbocycles. The highest BCUT2D eigenvalue weighted by Crippen LogP contribution is 2.48. The van der Waals surface area contributed by atoms with Crippen molar-refractivity contribution in [3.05, 3.63) is 64.7 Å². The van der Waals surface area contributed by atoms with Gasteiger partial charge in [0.05, 0.1) is 17.4 Å². The van der Waals surface area contributed by atoms with Crippen molar-refractivity contribution in [1.29, 1.82) is 0 Å². The third kappa shape index (κ3) is 10.3. The molecule has 1 aromatic heterocycles. The Morgan fingerprint density at radius 1 is 1.00 bits per heavy atom. The summed E-state index contributed by atoms with van der Waals surface area (Å²) in [4.78, 5) is 36.2. The molecule has 1 saturated carbocycles. The summed E-state index contributed by atoms with van der Waals surface area (Å²) < 4.78 is 74.6. The minimum absolute atomic E-state index is 0.0119. The molecule has 2 aromatic carbocycles. The molecule has 1 fully saturated rings. The number of alkyl carbamates (subject to hydrolysis) is 1. The summed E-state index contributed by atoms with van der Waals surface area (Å²) in [6, 6.07) is 12.0. The van der Waals surface area contributed by atoms with Crippen LogP contribution in [-0.2, 0) is 20.3 Å². The van der Waals surface area contributed by atoms with E-state index in [9.17, 15) is 31.2 Å². The van der Waals surface area contributed by atoms with Crippen molar-refractivity contribution in [2.75, 3.05) is 29.5 Å². The van der Waals surface area contributed by atoms with Gasteiger partial charge in [-0.3, -0.25) is 4.79 Å². The van der Waals surface area contributed by atoms with Gasteiger partial charge in [0.25, 0.3) is 5.91 Å². The molecular formula is C27H29ClF3N7O6S. The zero-order valence-electron chi connectivity index (χ0n) is 23.9. The van der Waals surface area contributed by atoms with Crippen LogP contribution in [0.3, 0.4) is 0 Å². The number of aromatic nitrogens is 3. The SMILES string of the molecule is CC(C)OC(=O)NCCS(=O)(=O)NC(=O)c1ccc(Nc2nc(NC3(c4ccc(Cl)cc4)CC3)nc(OCC(F)(F)F)n2)cc1. The third-order valence-electron chi connectivity index (χ3n) is 6.11. The number of carbonyl (C=O) groups is 2. The summed E-state index contributed by atoms with van der Waals surface area (Å²) in [6.45, 7) is 1.36. The van der Waals surface area contributed by atoms with Crippen LogP contribution in [0.4, 0.5) is 35.5 Å². The van der Waals surface area contributed by atoms with Crippen LogP contribution in [0, 0.1) is 0 Å². The maximum Gasteiger partial charge on any atom is 0.422 e. The van der Waals surface area contributed by atoms with Gasteiger partial charge < -0.3 is 25.4 Å². The Morgan fingerprint density at radius 3 is 2.24 bits per heavy atom. The molecule has 0 saturated heterocycles. The van der Waals surface area contributed by atoms with Crippen LogP contribution in [0.1, 0.15) is 42.6 Å². The predicted molar refractivity (Wildman–Crippen MR) is 158 cm³/mol. The predicted octanol–water partition coefficient (Wildman–Crippen LogP) is 4.51. The minimum Gasteiger partial charge on any atom is -0.454 e. The topological polar surface area (TPSA) is 174 Å². The molecule has 242 valence electrons. The molecule has 13 nitrogen and oxygen atoms in total. The van der Waals surface area contributed by atoms with Crippen LogP contribution in [0.15, 0.2) is 48.5 Å². The molecule has 0 radical (unpaired) electrons. The van der Waals surface area contributed by atoms with Crippen LogP contribution < -0.4 is 25.4 Å². The molecular weight excluding hydrogens is 643 g/mol. The summed E-state index contributed by atoms with van der Waals surface area (Å²) in [5, 5.41) is 8.80. The van der Waals surface area contributed by atoms with E-state index in [1.807, 2.05) is 16.9 Å². The molecule has 1 aliphatic rings. The number of carbonyl (C=O) groups excluding carboxylic acids is 2. The molecule has 2 amide bonds. The van der Waals surface area contributed by atoms with Crippen molar-refractivity contribution < 1.29 is 40.7 Å². The van der Waals surface area contributed by atoms with Gasteiger partial charge in [0, 0.05) is 22.8 Å². The van der Waals surface area contributed by atoms with Crippen molar-refractivity contribution in [3.63, 3.8) is 0 Å². The van der Waals surface area contributed by atoms with E-state index in [0.717, 1.165) is 5.56 Å². The Balaban J connectivity index is 1.43. The van der Waals surface area contributed by atoms with Crippen LogP contribution >= 0.6 is 11.6 Å². The Kier molecular flexibility index (Phi) is 10.2. The van der Waals surface area contributed by atoms with E-state index < -0.39 is 52.1 Å². The Bertz CT molecular complexity index is 1620. The number of ether oxygens (including phenoxy) is 2. The number of nitrogens with zero attached hydrogens (tertiary/aromatic N) is 3. The van der Waals surface area contributed by atoms with Gasteiger partial charge in [-0.15, -0.1) is 0 Å². The van der Waals surface area contributed by atoms with E-state index in [2.05, 4.69) is 30.9 Å². The second kappa shape index (κ2) is 13.7. The van der Waals surface area contributed by atoms with Crippen molar-refractivity contribution >= 4 is 51.2 Å². The normalized spacial score (nSPS) is 13.9. The molecule has 0 aliphatic heterocycles. The van der Waals surface area contributed by atoms with Crippen LogP contribution in [0.2, 0.25) is 5.02 Å². The summed E-state index contributed by atoms with van der Waals surface area (Å²) in [5.41, 5.74) is 0.648. The zero-order valence-corrected chi connectivity index (χ0v) is 25.5. The molecule has 0 unspecified atom stereocenters. The lowest BCUT2D eigenvalue weighted by atomic mass is 10.1. The van der Waals surface area contributed by atoms with E-state index in [0.29, 0.717) is 23.6 Å². The van der Waals surface area contributed by atoms with Gasteiger partial charge >= 0.3 is 18.3 Å². The molecule has 3 aromatic rings. The number of nitrogens with one attached hydrogen (secondary N) is 4. The second-order valence-corrected chi connectivity index (χ2v) is 12.5. The van der Waals surface area contributed by atoms with Crippen molar-refractivity contribution in [1.82, 2.24) is 25.0 Å². The van der Waals surface area contributed by atoms with E-state index in [1.54, 1.807) is 26.0 Å². The van der Waals surface area contributed by atoms with E-state index in [-0.39, 0.29) is 30.1 Å². The smallest absolute Gasteiger partial charge is 0.422 e. The van der Waals surface area contributed by atoms with Gasteiger partial charge in [-0.2, -0.15) is 28.1 Å². The van der Waals surface area contributed by atoms with E-state index >= 15 is 0 Å². The van der Waals surface area contributed by atoms with Crippen molar-refractivity contribution in [3.8, 4) is 6.01 Å². The zero-order chi connectivity index (χ0) is 32.8. The maximum atomic E-state index is 12.8. The third-order valence-corrected chi connectivity index (χ3v) is 7.60. The quantitative estimate of drug-likeness (QED) is 0.201. The first-order chi connectivity index (χ1) is 21.1. The average Bonchev–Trinajstić information content (AvgIpc) is 3.71. The summed E-state index contributed by atoms with van der Waals surface area (Å²) in [6.07, 6.45) is -4.38. The highest BCUT2D eigenvalue weighted by Gasteiger charge is 2.45. The van der Waals surface area contributed by atoms with Gasteiger partial charge in [0.15, 0.2) is 6.61 Å². The number of hydrogen-bond acceptors (Lipinski definition) is 11. The number of sulfonamides is 1. The average molecular weight is 672 g/mol. The second-order valence-electron chi connectivity index (χ2n) is 10.2. The fourth-order valence-electron chi connectivity index (χ4n) is 3.90. The fourth-order valence-corrected chi connectivity index (χ4v) is 4.90.